The van der Waals surface area contributed by atoms with Crippen molar-refractivity contribution < 1.29 is 9.53 Å². The first-order chi connectivity index (χ1) is 14.6. The van der Waals surface area contributed by atoms with Crippen molar-refractivity contribution in [2.75, 3.05) is 19.0 Å². The monoisotopic (exact) mass is 402 g/mol. The van der Waals surface area contributed by atoms with Gasteiger partial charge < -0.3 is 10.1 Å². The number of hydrogen-bond acceptors (Lipinski definition) is 4. The van der Waals surface area contributed by atoms with Crippen molar-refractivity contribution >= 4 is 11.7 Å². The number of carbonyl (C=O) groups excluding carboxylic acids is 1. The first-order valence-electron chi connectivity index (χ1n) is 10.4. The molecule has 3 rings (SSSR count). The van der Waals surface area contributed by atoms with Gasteiger partial charge in [0.25, 0.3) is 0 Å². The summed E-state index contributed by atoms with van der Waals surface area (Å²) in [6.45, 7) is 4.83. The lowest BCUT2D eigenvalue weighted by atomic mass is 10.1. The van der Waals surface area contributed by atoms with Crippen LogP contribution in [0.4, 0.5) is 5.69 Å². The maximum absolute atomic E-state index is 11.5. The maximum Gasteiger partial charge on any atom is 0.309 e. The molecule has 4 heteroatoms. The zero-order valence-corrected chi connectivity index (χ0v) is 17.8. The molecule has 1 atom stereocenters. The molecule has 3 aromatic rings. The second-order valence-corrected chi connectivity index (χ2v) is 7.56. The van der Waals surface area contributed by atoms with Gasteiger partial charge in [-0.15, -0.1) is 0 Å². The predicted octanol–water partition coefficient (Wildman–Crippen LogP) is 4.90. The Hall–Kier alpha value is -3.11. The first kappa shape index (κ1) is 21.6. The van der Waals surface area contributed by atoms with E-state index in [4.69, 9.17) is 4.74 Å². The summed E-state index contributed by atoms with van der Waals surface area (Å²) in [7, 11) is 1.42. The Morgan fingerprint density at radius 3 is 2.00 bits per heavy atom. The van der Waals surface area contributed by atoms with Gasteiger partial charge in [-0.1, -0.05) is 72.8 Å². The molecule has 30 heavy (non-hydrogen) atoms. The number of ether oxygens (including phenoxy) is 1. The van der Waals surface area contributed by atoms with Crippen molar-refractivity contribution in [1.82, 2.24) is 4.90 Å². The van der Waals surface area contributed by atoms with Crippen molar-refractivity contribution in [3.05, 3.63) is 102 Å². The Bertz CT molecular complexity index is 871. The van der Waals surface area contributed by atoms with E-state index in [1.807, 2.05) is 24.3 Å². The van der Waals surface area contributed by atoms with E-state index in [-0.39, 0.29) is 12.4 Å². The third kappa shape index (κ3) is 6.75. The molecule has 0 aromatic heterocycles. The highest BCUT2D eigenvalue weighted by molar-refractivity contribution is 5.72. The van der Waals surface area contributed by atoms with Crippen molar-refractivity contribution in [3.8, 4) is 0 Å². The van der Waals surface area contributed by atoms with Gasteiger partial charge in [-0.3, -0.25) is 9.69 Å². The fourth-order valence-electron chi connectivity index (χ4n) is 3.43. The minimum absolute atomic E-state index is 0.225. The van der Waals surface area contributed by atoms with Gasteiger partial charge in [0.1, 0.15) is 0 Å². The normalized spacial score (nSPS) is 11.8. The number of carbonyl (C=O) groups is 1. The zero-order chi connectivity index (χ0) is 21.2. The Morgan fingerprint density at radius 2 is 1.43 bits per heavy atom. The largest absolute Gasteiger partial charge is 0.469 e. The summed E-state index contributed by atoms with van der Waals surface area (Å²) >= 11 is 0. The molecule has 3 aromatic carbocycles. The number of nitrogens with one attached hydrogen (secondary N) is 1. The van der Waals surface area contributed by atoms with Crippen LogP contribution >= 0.6 is 0 Å². The third-order valence-corrected chi connectivity index (χ3v) is 5.19. The number of nitrogens with zero attached hydrogens (tertiary/aromatic N) is 1. The van der Waals surface area contributed by atoms with Crippen LogP contribution in [0.25, 0.3) is 0 Å². The second kappa shape index (κ2) is 11.2. The van der Waals surface area contributed by atoms with Crippen LogP contribution in [0, 0.1) is 0 Å². The Balaban J connectivity index is 1.66. The predicted molar refractivity (Wildman–Crippen MR) is 122 cm³/mol. The van der Waals surface area contributed by atoms with Crippen LogP contribution in [-0.2, 0) is 29.0 Å². The molecule has 156 valence electrons. The van der Waals surface area contributed by atoms with Crippen LogP contribution in [0.2, 0.25) is 0 Å². The van der Waals surface area contributed by atoms with E-state index >= 15 is 0 Å². The average Bonchev–Trinajstić information content (AvgIpc) is 2.78. The lowest BCUT2D eigenvalue weighted by Gasteiger charge is -2.30. The summed E-state index contributed by atoms with van der Waals surface area (Å²) in [5, 5.41) is 3.53. The molecule has 0 aliphatic heterocycles. The van der Waals surface area contributed by atoms with E-state index in [1.165, 1.54) is 18.2 Å². The highest BCUT2D eigenvalue weighted by Crippen LogP contribution is 2.16. The fraction of sp³-hybridized carbons (Fsp3) is 0.269. The van der Waals surface area contributed by atoms with Gasteiger partial charge >= 0.3 is 5.97 Å². The lowest BCUT2D eigenvalue weighted by molar-refractivity contribution is -0.139. The van der Waals surface area contributed by atoms with Gasteiger partial charge in [-0.25, -0.2) is 0 Å². The van der Waals surface area contributed by atoms with Crippen molar-refractivity contribution in [3.63, 3.8) is 0 Å². The molecular weight excluding hydrogens is 372 g/mol. The molecule has 0 bridgehead atoms. The molecule has 0 radical (unpaired) electrons. The van der Waals surface area contributed by atoms with Gasteiger partial charge in [0.15, 0.2) is 0 Å². The zero-order valence-electron chi connectivity index (χ0n) is 17.8. The molecule has 0 heterocycles. The first-order valence-corrected chi connectivity index (χ1v) is 10.4. The van der Waals surface area contributed by atoms with E-state index in [1.54, 1.807) is 0 Å². The summed E-state index contributed by atoms with van der Waals surface area (Å²) in [6.07, 6.45) is 0.287. The molecule has 0 fully saturated rings. The molecule has 0 spiro atoms. The third-order valence-electron chi connectivity index (χ3n) is 5.19. The number of esters is 1. The number of anilines is 1. The summed E-state index contributed by atoms with van der Waals surface area (Å²) in [5.74, 6) is -0.225. The van der Waals surface area contributed by atoms with Crippen LogP contribution in [0.1, 0.15) is 23.6 Å². The van der Waals surface area contributed by atoms with Gasteiger partial charge in [0.2, 0.25) is 0 Å². The highest BCUT2D eigenvalue weighted by atomic mass is 16.5. The summed E-state index contributed by atoms with van der Waals surface area (Å²) in [5.41, 5.74) is 4.58. The minimum Gasteiger partial charge on any atom is -0.469 e. The number of benzene rings is 3. The molecule has 1 N–H and O–H groups in total. The molecule has 0 amide bonds. The fourth-order valence-corrected chi connectivity index (χ4v) is 3.43. The number of rotatable bonds is 10. The minimum atomic E-state index is -0.225. The van der Waals surface area contributed by atoms with Crippen LogP contribution in [0.3, 0.4) is 0 Å². The van der Waals surface area contributed by atoms with E-state index in [9.17, 15) is 4.79 Å². The highest BCUT2D eigenvalue weighted by Gasteiger charge is 2.15. The summed E-state index contributed by atoms with van der Waals surface area (Å²) in [6, 6.07) is 29.4. The Morgan fingerprint density at radius 1 is 0.867 bits per heavy atom. The van der Waals surface area contributed by atoms with Gasteiger partial charge in [0, 0.05) is 31.4 Å². The molecule has 1 unspecified atom stereocenters. The standard InChI is InChI=1S/C26H30N2O2/c1-21(18-27-25-15-9-14-24(16-25)17-26(29)30-2)28(19-22-10-5-3-6-11-22)20-23-12-7-4-8-13-23/h3-16,21,27H,17-20H2,1-2H3. The number of methoxy groups -OCH3 is 1. The van der Waals surface area contributed by atoms with E-state index < -0.39 is 0 Å². The second-order valence-electron chi connectivity index (χ2n) is 7.56. The van der Waals surface area contributed by atoms with Gasteiger partial charge in [0.05, 0.1) is 13.5 Å². The Labute approximate surface area is 179 Å². The van der Waals surface area contributed by atoms with E-state index in [0.29, 0.717) is 6.04 Å². The molecular formula is C26H30N2O2. The topological polar surface area (TPSA) is 41.6 Å². The van der Waals surface area contributed by atoms with E-state index in [2.05, 4.69) is 77.8 Å². The Kier molecular flexibility index (Phi) is 8.04. The van der Waals surface area contributed by atoms with Crippen LogP contribution < -0.4 is 5.32 Å². The van der Waals surface area contributed by atoms with Gasteiger partial charge in [-0.2, -0.15) is 0 Å². The summed E-state index contributed by atoms with van der Waals surface area (Å²) < 4.78 is 4.77. The summed E-state index contributed by atoms with van der Waals surface area (Å²) in [4.78, 5) is 14.0. The molecule has 0 saturated heterocycles. The van der Waals surface area contributed by atoms with Crippen LogP contribution in [0.15, 0.2) is 84.9 Å². The van der Waals surface area contributed by atoms with Crippen LogP contribution in [-0.4, -0.2) is 30.6 Å². The van der Waals surface area contributed by atoms with Gasteiger partial charge in [-0.05, 0) is 35.7 Å². The molecule has 0 aliphatic rings. The molecule has 0 saturated carbocycles. The molecule has 0 aliphatic carbocycles. The van der Waals surface area contributed by atoms with E-state index in [0.717, 1.165) is 30.9 Å². The lowest BCUT2D eigenvalue weighted by Crippen LogP contribution is -2.37. The van der Waals surface area contributed by atoms with Crippen molar-refractivity contribution in [2.24, 2.45) is 0 Å². The molecule has 4 nitrogen and oxygen atoms in total. The number of hydrogen-bond donors (Lipinski definition) is 1. The van der Waals surface area contributed by atoms with Crippen molar-refractivity contribution in [1.29, 1.82) is 0 Å². The smallest absolute Gasteiger partial charge is 0.309 e. The SMILES string of the molecule is COC(=O)Cc1cccc(NCC(C)N(Cc2ccccc2)Cc2ccccc2)c1. The van der Waals surface area contributed by atoms with Crippen LogP contribution in [0.5, 0.6) is 0 Å². The average molecular weight is 403 g/mol. The quantitative estimate of drug-likeness (QED) is 0.490. The van der Waals surface area contributed by atoms with Crippen molar-refractivity contribution in [2.45, 2.75) is 32.5 Å². The maximum atomic E-state index is 11.5.